The standard InChI is InChI=1S/C16H18F2N2O2/c17-13-5-4-11(8-14(13)18)15(21)20-9-12(10-20)16(22)19-6-2-1-3-7-19/h4-5,8,12H,1-3,6-7,9-10H2. The van der Waals surface area contributed by atoms with Crippen molar-refractivity contribution in [1.82, 2.24) is 9.80 Å². The summed E-state index contributed by atoms with van der Waals surface area (Å²) in [5.41, 5.74) is 0.114. The fourth-order valence-electron chi connectivity index (χ4n) is 2.98. The Hall–Kier alpha value is -1.98. The van der Waals surface area contributed by atoms with E-state index in [1.165, 1.54) is 11.0 Å². The molecule has 2 amide bonds. The molecule has 0 aromatic heterocycles. The van der Waals surface area contributed by atoms with Gasteiger partial charge in [0.1, 0.15) is 0 Å². The largest absolute Gasteiger partial charge is 0.342 e. The summed E-state index contributed by atoms with van der Waals surface area (Å²) in [5.74, 6) is -2.42. The van der Waals surface area contributed by atoms with E-state index in [2.05, 4.69) is 0 Å². The third-order valence-corrected chi connectivity index (χ3v) is 4.35. The number of piperidine rings is 1. The quantitative estimate of drug-likeness (QED) is 0.839. The lowest BCUT2D eigenvalue weighted by atomic mass is 9.96. The maximum atomic E-state index is 13.2. The molecule has 0 aliphatic carbocycles. The van der Waals surface area contributed by atoms with E-state index in [-0.39, 0.29) is 23.3 Å². The van der Waals surface area contributed by atoms with E-state index in [0.29, 0.717) is 13.1 Å². The molecule has 4 nitrogen and oxygen atoms in total. The molecule has 0 spiro atoms. The highest BCUT2D eigenvalue weighted by atomic mass is 19.2. The SMILES string of the molecule is O=C(c1ccc(F)c(F)c1)N1CC(C(=O)N2CCCCC2)C1. The number of benzene rings is 1. The van der Waals surface area contributed by atoms with Crippen molar-refractivity contribution in [2.45, 2.75) is 19.3 Å². The number of amides is 2. The summed E-state index contributed by atoms with van der Waals surface area (Å²) in [5, 5.41) is 0. The van der Waals surface area contributed by atoms with Crippen molar-refractivity contribution in [3.05, 3.63) is 35.4 Å². The molecule has 1 aromatic rings. The predicted octanol–water partition coefficient (Wildman–Crippen LogP) is 2.05. The van der Waals surface area contributed by atoms with Gasteiger partial charge in [-0.1, -0.05) is 0 Å². The van der Waals surface area contributed by atoms with Gasteiger partial charge < -0.3 is 9.80 Å². The molecule has 0 unspecified atom stereocenters. The lowest BCUT2D eigenvalue weighted by molar-refractivity contribution is -0.140. The molecule has 0 bridgehead atoms. The Morgan fingerprint density at radius 3 is 2.27 bits per heavy atom. The van der Waals surface area contributed by atoms with Gasteiger partial charge in [-0.25, -0.2) is 8.78 Å². The van der Waals surface area contributed by atoms with Crippen molar-refractivity contribution >= 4 is 11.8 Å². The number of likely N-dealkylation sites (tertiary alicyclic amines) is 2. The van der Waals surface area contributed by atoms with E-state index in [0.717, 1.165) is 44.5 Å². The van der Waals surface area contributed by atoms with Crippen LogP contribution >= 0.6 is 0 Å². The molecule has 0 saturated carbocycles. The average molecular weight is 308 g/mol. The van der Waals surface area contributed by atoms with E-state index in [4.69, 9.17) is 0 Å². The van der Waals surface area contributed by atoms with E-state index in [1.54, 1.807) is 0 Å². The van der Waals surface area contributed by atoms with Gasteiger partial charge in [0.15, 0.2) is 11.6 Å². The first-order valence-corrected chi connectivity index (χ1v) is 7.59. The first kappa shape index (κ1) is 14.9. The van der Waals surface area contributed by atoms with Crippen molar-refractivity contribution in [2.24, 2.45) is 5.92 Å². The van der Waals surface area contributed by atoms with E-state index < -0.39 is 11.6 Å². The molecule has 3 rings (SSSR count). The van der Waals surface area contributed by atoms with Crippen LogP contribution in [0.25, 0.3) is 0 Å². The van der Waals surface area contributed by atoms with Crippen LogP contribution in [0.5, 0.6) is 0 Å². The van der Waals surface area contributed by atoms with Gasteiger partial charge in [-0.3, -0.25) is 9.59 Å². The summed E-state index contributed by atoms with van der Waals surface area (Å²) >= 11 is 0. The second-order valence-corrected chi connectivity index (χ2v) is 5.92. The maximum Gasteiger partial charge on any atom is 0.254 e. The van der Waals surface area contributed by atoms with Gasteiger partial charge in [-0.15, -0.1) is 0 Å². The average Bonchev–Trinajstić information content (AvgIpc) is 2.49. The minimum absolute atomic E-state index is 0.106. The van der Waals surface area contributed by atoms with Crippen LogP contribution in [-0.2, 0) is 4.79 Å². The monoisotopic (exact) mass is 308 g/mol. The van der Waals surface area contributed by atoms with Gasteiger partial charge in [0.05, 0.1) is 5.92 Å². The molecular weight excluding hydrogens is 290 g/mol. The second kappa shape index (κ2) is 6.02. The zero-order chi connectivity index (χ0) is 15.7. The van der Waals surface area contributed by atoms with Crippen LogP contribution in [0.1, 0.15) is 29.6 Å². The van der Waals surface area contributed by atoms with E-state index in [1.807, 2.05) is 4.90 Å². The van der Waals surface area contributed by atoms with Crippen LogP contribution in [-0.4, -0.2) is 47.8 Å². The molecule has 2 saturated heterocycles. The van der Waals surface area contributed by atoms with Crippen molar-refractivity contribution in [3.63, 3.8) is 0 Å². The smallest absolute Gasteiger partial charge is 0.254 e. The molecule has 6 heteroatoms. The van der Waals surface area contributed by atoms with Crippen LogP contribution in [0.15, 0.2) is 18.2 Å². The van der Waals surface area contributed by atoms with Gasteiger partial charge in [-0.2, -0.15) is 0 Å². The number of rotatable bonds is 2. The fraction of sp³-hybridized carbons (Fsp3) is 0.500. The first-order valence-electron chi connectivity index (χ1n) is 7.59. The minimum atomic E-state index is -1.03. The summed E-state index contributed by atoms with van der Waals surface area (Å²) in [4.78, 5) is 27.8. The second-order valence-electron chi connectivity index (χ2n) is 5.92. The molecule has 22 heavy (non-hydrogen) atoms. The van der Waals surface area contributed by atoms with Gasteiger partial charge in [0.25, 0.3) is 5.91 Å². The molecule has 0 radical (unpaired) electrons. The number of nitrogens with zero attached hydrogens (tertiary/aromatic N) is 2. The third-order valence-electron chi connectivity index (χ3n) is 4.35. The highest BCUT2D eigenvalue weighted by Gasteiger charge is 2.38. The van der Waals surface area contributed by atoms with Crippen molar-refractivity contribution in [3.8, 4) is 0 Å². The van der Waals surface area contributed by atoms with E-state index >= 15 is 0 Å². The van der Waals surface area contributed by atoms with Crippen LogP contribution in [0.2, 0.25) is 0 Å². The summed E-state index contributed by atoms with van der Waals surface area (Å²) in [6.07, 6.45) is 3.24. The normalized spacial score (nSPS) is 19.0. The summed E-state index contributed by atoms with van der Waals surface area (Å²) in [6, 6.07) is 3.11. The zero-order valence-corrected chi connectivity index (χ0v) is 12.2. The van der Waals surface area contributed by atoms with Crippen LogP contribution < -0.4 is 0 Å². The molecule has 1 aromatic carbocycles. The van der Waals surface area contributed by atoms with Gasteiger partial charge in [-0.05, 0) is 37.5 Å². The van der Waals surface area contributed by atoms with Crippen LogP contribution in [0.4, 0.5) is 8.78 Å². The molecule has 2 aliphatic heterocycles. The zero-order valence-electron chi connectivity index (χ0n) is 12.2. The fourth-order valence-corrected chi connectivity index (χ4v) is 2.98. The molecule has 2 fully saturated rings. The Bertz CT molecular complexity index is 594. The van der Waals surface area contributed by atoms with E-state index in [9.17, 15) is 18.4 Å². The molecule has 0 N–H and O–H groups in total. The van der Waals surface area contributed by atoms with Crippen molar-refractivity contribution in [2.75, 3.05) is 26.2 Å². The lowest BCUT2D eigenvalue weighted by Gasteiger charge is -2.41. The summed E-state index contributed by atoms with van der Waals surface area (Å²) in [7, 11) is 0. The Labute approximate surface area is 127 Å². The third kappa shape index (κ3) is 2.82. The van der Waals surface area contributed by atoms with Crippen LogP contribution in [0.3, 0.4) is 0 Å². The number of hydrogen-bond donors (Lipinski definition) is 0. The topological polar surface area (TPSA) is 40.6 Å². The number of carbonyl (C=O) groups is 2. The first-order chi connectivity index (χ1) is 10.6. The Morgan fingerprint density at radius 2 is 1.64 bits per heavy atom. The maximum absolute atomic E-state index is 13.2. The summed E-state index contributed by atoms with van der Waals surface area (Å²) in [6.45, 7) is 2.30. The Balaban J connectivity index is 1.57. The Kier molecular flexibility index (Phi) is 4.09. The minimum Gasteiger partial charge on any atom is -0.342 e. The van der Waals surface area contributed by atoms with Crippen LogP contribution in [0, 0.1) is 17.6 Å². The van der Waals surface area contributed by atoms with Crippen molar-refractivity contribution in [1.29, 1.82) is 0 Å². The molecule has 2 heterocycles. The molecular formula is C16H18F2N2O2. The lowest BCUT2D eigenvalue weighted by Crippen LogP contribution is -2.57. The Morgan fingerprint density at radius 1 is 0.955 bits per heavy atom. The predicted molar refractivity (Wildman–Crippen MR) is 76.2 cm³/mol. The number of hydrogen-bond acceptors (Lipinski definition) is 2. The highest BCUT2D eigenvalue weighted by molar-refractivity contribution is 5.96. The number of carbonyl (C=O) groups excluding carboxylic acids is 2. The van der Waals surface area contributed by atoms with Crippen molar-refractivity contribution < 1.29 is 18.4 Å². The van der Waals surface area contributed by atoms with Gasteiger partial charge in [0, 0.05) is 31.7 Å². The van der Waals surface area contributed by atoms with Gasteiger partial charge >= 0.3 is 0 Å². The number of halogens is 2. The highest BCUT2D eigenvalue weighted by Crippen LogP contribution is 2.23. The molecule has 2 aliphatic rings. The van der Waals surface area contributed by atoms with Gasteiger partial charge in [0.2, 0.25) is 5.91 Å². The molecule has 118 valence electrons. The summed E-state index contributed by atoms with van der Waals surface area (Å²) < 4.78 is 26.0. The molecule has 0 atom stereocenters.